The minimum Gasteiger partial charge on any atom is -0.261 e. The van der Waals surface area contributed by atoms with Gasteiger partial charge in [-0.3, -0.25) is 4.98 Å². The summed E-state index contributed by atoms with van der Waals surface area (Å²) in [6.45, 7) is 4.51. The summed E-state index contributed by atoms with van der Waals surface area (Å²) in [4.78, 5) is 4.26. The van der Waals surface area contributed by atoms with E-state index in [1.807, 2.05) is 32.0 Å². The number of pyridine rings is 1. The summed E-state index contributed by atoms with van der Waals surface area (Å²) in [7, 11) is -3.23. The first-order valence-electron chi connectivity index (χ1n) is 5.92. The molecule has 6 heteroatoms. The molecule has 18 heavy (non-hydrogen) atoms. The largest absolute Gasteiger partial charge is 0.261 e. The maximum absolute atomic E-state index is 11.8. The minimum absolute atomic E-state index is 0.0713. The molecule has 0 radical (unpaired) electrons. The molecule has 1 rings (SSSR count). The smallest absolute Gasteiger partial charge is 0.212 e. The minimum atomic E-state index is -3.23. The first-order chi connectivity index (χ1) is 8.41. The molecule has 0 saturated heterocycles. The molecule has 0 aliphatic rings. The van der Waals surface area contributed by atoms with Crippen LogP contribution in [0.1, 0.15) is 19.5 Å². The summed E-state index contributed by atoms with van der Waals surface area (Å²) in [5, 5.41) is 0. The number of aromatic nitrogens is 1. The molecule has 1 unspecified atom stereocenters. The Bertz CT molecular complexity index is 448. The zero-order chi connectivity index (χ0) is 13.6. The Kier molecular flexibility index (Phi) is 6.25. The van der Waals surface area contributed by atoms with Gasteiger partial charge in [0.15, 0.2) is 0 Å². The summed E-state index contributed by atoms with van der Waals surface area (Å²) < 4.78 is 26.2. The van der Waals surface area contributed by atoms with Gasteiger partial charge in [0, 0.05) is 29.7 Å². The maximum Gasteiger partial charge on any atom is 0.212 e. The highest BCUT2D eigenvalue weighted by atomic mass is 79.9. The number of halogens is 1. The first-order valence-corrected chi connectivity index (χ1v) is 8.49. The van der Waals surface area contributed by atoms with Gasteiger partial charge in [-0.1, -0.05) is 35.8 Å². The van der Waals surface area contributed by atoms with E-state index in [1.165, 1.54) is 0 Å². The summed E-state index contributed by atoms with van der Waals surface area (Å²) in [6, 6.07) is 5.50. The lowest BCUT2D eigenvalue weighted by atomic mass is 10.1. The first kappa shape index (κ1) is 15.6. The Hall–Kier alpha value is -0.460. The van der Waals surface area contributed by atoms with E-state index in [-0.39, 0.29) is 10.6 Å². The molecule has 1 atom stereocenters. The zero-order valence-corrected chi connectivity index (χ0v) is 13.0. The zero-order valence-electron chi connectivity index (χ0n) is 10.6. The van der Waals surface area contributed by atoms with Crippen molar-refractivity contribution >= 4 is 26.0 Å². The molecular weight excluding hydrogens is 316 g/mol. The van der Waals surface area contributed by atoms with Crippen molar-refractivity contribution in [3.8, 4) is 0 Å². The fraction of sp³-hybridized carbons (Fsp3) is 0.583. The van der Waals surface area contributed by atoms with Crippen LogP contribution in [0.2, 0.25) is 0 Å². The molecule has 1 aromatic rings. The lowest BCUT2D eigenvalue weighted by molar-refractivity contribution is 0.562. The van der Waals surface area contributed by atoms with Crippen LogP contribution in [0, 0.1) is 5.92 Å². The van der Waals surface area contributed by atoms with E-state index in [4.69, 9.17) is 0 Å². The van der Waals surface area contributed by atoms with Gasteiger partial charge in [0.2, 0.25) is 10.0 Å². The van der Waals surface area contributed by atoms with Crippen LogP contribution in [0.5, 0.6) is 0 Å². The van der Waals surface area contributed by atoms with Crippen LogP contribution in [-0.2, 0) is 16.4 Å². The average molecular weight is 335 g/mol. The molecule has 1 heterocycles. The fourth-order valence-electron chi connectivity index (χ4n) is 1.30. The molecule has 0 spiro atoms. The summed E-state index contributed by atoms with van der Waals surface area (Å²) in [5.74, 6) is 0.463. The van der Waals surface area contributed by atoms with E-state index in [1.54, 1.807) is 6.20 Å². The van der Waals surface area contributed by atoms with Crippen LogP contribution < -0.4 is 4.72 Å². The second-order valence-electron chi connectivity index (χ2n) is 4.50. The maximum atomic E-state index is 11.8. The molecule has 0 saturated carbocycles. The van der Waals surface area contributed by atoms with E-state index in [0.29, 0.717) is 18.9 Å². The number of sulfonamides is 1. The van der Waals surface area contributed by atoms with Crippen LogP contribution >= 0.6 is 15.9 Å². The van der Waals surface area contributed by atoms with Crippen LogP contribution in [0.3, 0.4) is 0 Å². The quantitative estimate of drug-likeness (QED) is 0.775. The molecule has 0 fully saturated rings. The highest BCUT2D eigenvalue weighted by Gasteiger charge is 2.15. The van der Waals surface area contributed by atoms with Gasteiger partial charge in [0.05, 0.1) is 5.75 Å². The predicted octanol–water partition coefficient (Wildman–Crippen LogP) is 1.96. The number of nitrogens with zero attached hydrogens (tertiary/aromatic N) is 1. The Balaban J connectivity index is 2.41. The number of rotatable bonds is 7. The van der Waals surface area contributed by atoms with Gasteiger partial charge in [-0.25, -0.2) is 13.1 Å². The third kappa shape index (κ3) is 5.93. The van der Waals surface area contributed by atoms with E-state index in [2.05, 4.69) is 25.6 Å². The lowest BCUT2D eigenvalue weighted by Crippen LogP contribution is -2.33. The van der Waals surface area contributed by atoms with Crippen molar-refractivity contribution in [3.05, 3.63) is 30.1 Å². The molecule has 0 aliphatic carbocycles. The van der Waals surface area contributed by atoms with Crippen LogP contribution in [0.25, 0.3) is 0 Å². The highest BCUT2D eigenvalue weighted by molar-refractivity contribution is 9.09. The third-order valence-electron chi connectivity index (χ3n) is 2.57. The van der Waals surface area contributed by atoms with Crippen LogP contribution in [-0.4, -0.2) is 30.5 Å². The second kappa shape index (κ2) is 7.21. The van der Waals surface area contributed by atoms with Crippen LogP contribution in [0.15, 0.2) is 24.4 Å². The predicted molar refractivity (Wildman–Crippen MR) is 77.3 cm³/mol. The molecule has 0 amide bonds. The average Bonchev–Trinajstić information content (AvgIpc) is 2.35. The summed E-state index contributed by atoms with van der Waals surface area (Å²) in [5.41, 5.74) is 0.794. The Morgan fingerprint density at radius 3 is 2.67 bits per heavy atom. The number of hydrogen-bond acceptors (Lipinski definition) is 3. The molecule has 4 nitrogen and oxygen atoms in total. The summed E-state index contributed by atoms with van der Waals surface area (Å²) in [6.07, 6.45) is 2.10. The van der Waals surface area contributed by atoms with Crippen molar-refractivity contribution in [2.24, 2.45) is 5.92 Å². The molecule has 1 aromatic heterocycles. The standard InChI is InChI=1S/C12H19BrN2O2S/c1-10(2)12(13)9-15-18(16,17)8-6-11-5-3-4-7-14-11/h3-5,7,10,12,15H,6,8-9H2,1-2H3. The SMILES string of the molecule is CC(C)C(Br)CNS(=O)(=O)CCc1ccccn1. The molecular formula is C12H19BrN2O2S. The fourth-order valence-corrected chi connectivity index (χ4v) is 2.73. The van der Waals surface area contributed by atoms with Crippen LogP contribution in [0.4, 0.5) is 0 Å². The van der Waals surface area contributed by atoms with Crippen molar-refractivity contribution in [2.45, 2.75) is 25.1 Å². The third-order valence-corrected chi connectivity index (χ3v) is 5.30. The van der Waals surface area contributed by atoms with Crippen molar-refractivity contribution in [1.29, 1.82) is 0 Å². The van der Waals surface area contributed by atoms with Gasteiger partial charge < -0.3 is 0 Å². The number of aryl methyl sites for hydroxylation is 1. The van der Waals surface area contributed by atoms with E-state index in [9.17, 15) is 8.42 Å². The van der Waals surface area contributed by atoms with Crippen molar-refractivity contribution in [1.82, 2.24) is 9.71 Å². The number of hydrogen-bond donors (Lipinski definition) is 1. The second-order valence-corrected chi connectivity index (χ2v) is 7.60. The normalized spacial score (nSPS) is 13.8. The Labute approximate surface area is 117 Å². The molecule has 102 valence electrons. The van der Waals surface area contributed by atoms with Crippen molar-refractivity contribution < 1.29 is 8.42 Å². The topological polar surface area (TPSA) is 59.1 Å². The van der Waals surface area contributed by atoms with Gasteiger partial charge >= 0.3 is 0 Å². The van der Waals surface area contributed by atoms with E-state index >= 15 is 0 Å². The number of nitrogens with one attached hydrogen (secondary N) is 1. The van der Waals surface area contributed by atoms with Gasteiger partial charge in [0.1, 0.15) is 0 Å². The molecule has 1 N–H and O–H groups in total. The molecule has 0 aliphatic heterocycles. The van der Waals surface area contributed by atoms with Gasteiger partial charge in [-0.05, 0) is 18.1 Å². The lowest BCUT2D eigenvalue weighted by Gasteiger charge is -2.14. The van der Waals surface area contributed by atoms with Gasteiger partial charge in [-0.2, -0.15) is 0 Å². The van der Waals surface area contributed by atoms with Gasteiger partial charge in [-0.15, -0.1) is 0 Å². The van der Waals surface area contributed by atoms with Gasteiger partial charge in [0.25, 0.3) is 0 Å². The van der Waals surface area contributed by atoms with E-state index < -0.39 is 10.0 Å². The van der Waals surface area contributed by atoms with E-state index in [0.717, 1.165) is 5.69 Å². The van der Waals surface area contributed by atoms with Crippen molar-refractivity contribution in [2.75, 3.05) is 12.3 Å². The Morgan fingerprint density at radius 1 is 1.39 bits per heavy atom. The van der Waals surface area contributed by atoms with Crippen molar-refractivity contribution in [3.63, 3.8) is 0 Å². The molecule has 0 aromatic carbocycles. The summed E-state index contributed by atoms with van der Waals surface area (Å²) >= 11 is 3.45. The number of alkyl halides is 1. The Morgan fingerprint density at radius 2 is 2.11 bits per heavy atom. The monoisotopic (exact) mass is 334 g/mol. The molecule has 0 bridgehead atoms. The highest BCUT2D eigenvalue weighted by Crippen LogP contribution is 2.10.